The van der Waals surface area contributed by atoms with Gasteiger partial charge in [0.2, 0.25) is 5.88 Å². The van der Waals surface area contributed by atoms with Gasteiger partial charge < -0.3 is 9.64 Å². The van der Waals surface area contributed by atoms with Gasteiger partial charge in [0.1, 0.15) is 6.61 Å². The highest BCUT2D eigenvalue weighted by Gasteiger charge is 2.12. The van der Waals surface area contributed by atoms with Crippen molar-refractivity contribution in [1.29, 1.82) is 0 Å². The number of hydrogen-bond acceptors (Lipinski definition) is 3. The third-order valence-corrected chi connectivity index (χ3v) is 3.87. The van der Waals surface area contributed by atoms with Gasteiger partial charge in [-0.3, -0.25) is 4.68 Å². The summed E-state index contributed by atoms with van der Waals surface area (Å²) in [4.78, 5) is 2.08. The van der Waals surface area contributed by atoms with Crippen molar-refractivity contribution >= 4 is 22.5 Å². The van der Waals surface area contributed by atoms with Gasteiger partial charge in [0.05, 0.1) is 17.4 Å². The van der Waals surface area contributed by atoms with Gasteiger partial charge >= 0.3 is 0 Å². The van der Waals surface area contributed by atoms with E-state index in [-0.39, 0.29) is 0 Å². The molecule has 0 fully saturated rings. The lowest BCUT2D eigenvalue weighted by molar-refractivity contribution is 0.254. The number of fused-ring (bicyclic) bond motifs is 1. The summed E-state index contributed by atoms with van der Waals surface area (Å²) in [6.45, 7) is 2.14. The molecule has 3 aromatic rings. The summed E-state index contributed by atoms with van der Waals surface area (Å²) >= 11 is 6.16. The number of likely N-dealkylation sites (N-methyl/N-ethyl adjacent to an activating group) is 1. The fourth-order valence-electron chi connectivity index (χ4n) is 2.42. The average Bonchev–Trinajstić information content (AvgIpc) is 2.85. The van der Waals surface area contributed by atoms with Crippen LogP contribution in [0.1, 0.15) is 5.56 Å². The lowest BCUT2D eigenvalue weighted by Gasteiger charge is -2.09. The second-order valence-electron chi connectivity index (χ2n) is 5.76. The first-order chi connectivity index (χ1) is 11.1. The van der Waals surface area contributed by atoms with Gasteiger partial charge in [-0.2, -0.15) is 0 Å². The maximum absolute atomic E-state index is 6.16. The molecule has 0 amide bonds. The molecular formula is C18H20ClN3O. The zero-order chi connectivity index (χ0) is 16.2. The predicted octanol–water partition coefficient (Wildman–Crippen LogP) is 3.68. The topological polar surface area (TPSA) is 30.3 Å². The molecule has 0 atom stereocenters. The monoisotopic (exact) mass is 329 g/mol. The van der Waals surface area contributed by atoms with Crippen LogP contribution in [-0.2, 0) is 6.54 Å². The quantitative estimate of drug-likeness (QED) is 0.691. The van der Waals surface area contributed by atoms with Gasteiger partial charge in [0, 0.05) is 11.6 Å². The van der Waals surface area contributed by atoms with E-state index in [2.05, 4.69) is 22.1 Å². The second kappa shape index (κ2) is 7.02. The molecular weight excluding hydrogens is 310 g/mol. The Balaban J connectivity index is 1.92. The first kappa shape index (κ1) is 15.8. The molecule has 0 aliphatic carbocycles. The molecule has 1 heterocycles. The van der Waals surface area contributed by atoms with Crippen LogP contribution in [0.3, 0.4) is 0 Å². The summed E-state index contributed by atoms with van der Waals surface area (Å²) in [6.07, 6.45) is 0. The number of ether oxygens (including phenoxy) is 1. The van der Waals surface area contributed by atoms with E-state index >= 15 is 0 Å². The number of benzene rings is 2. The molecule has 0 aliphatic heterocycles. The summed E-state index contributed by atoms with van der Waals surface area (Å²) in [5.74, 6) is 0.662. The van der Waals surface area contributed by atoms with Crippen LogP contribution in [0.5, 0.6) is 5.88 Å². The van der Waals surface area contributed by atoms with Crippen molar-refractivity contribution in [1.82, 2.24) is 14.7 Å². The minimum Gasteiger partial charge on any atom is -0.475 e. The Kier molecular flexibility index (Phi) is 4.84. The van der Waals surface area contributed by atoms with Crippen molar-refractivity contribution in [2.75, 3.05) is 27.2 Å². The van der Waals surface area contributed by atoms with Crippen LogP contribution >= 0.6 is 11.6 Å². The van der Waals surface area contributed by atoms with Gasteiger partial charge in [-0.05, 0) is 37.9 Å². The smallest absolute Gasteiger partial charge is 0.240 e. The first-order valence-corrected chi connectivity index (χ1v) is 7.99. The molecule has 3 rings (SSSR count). The fourth-order valence-corrected chi connectivity index (χ4v) is 2.59. The van der Waals surface area contributed by atoms with Gasteiger partial charge in [0.15, 0.2) is 0 Å². The molecule has 0 spiro atoms. The van der Waals surface area contributed by atoms with Crippen LogP contribution in [0.4, 0.5) is 0 Å². The summed E-state index contributed by atoms with van der Waals surface area (Å²) in [5, 5.41) is 6.33. The minimum atomic E-state index is 0.604. The van der Waals surface area contributed by atoms with Gasteiger partial charge in [-0.1, -0.05) is 41.9 Å². The lowest BCUT2D eigenvalue weighted by atomic mass is 10.2. The van der Waals surface area contributed by atoms with Crippen molar-refractivity contribution in [2.45, 2.75) is 6.54 Å². The number of hydrogen-bond donors (Lipinski definition) is 0. The molecule has 0 saturated carbocycles. The molecule has 0 bridgehead atoms. The van der Waals surface area contributed by atoms with Gasteiger partial charge in [0.25, 0.3) is 0 Å². The van der Waals surface area contributed by atoms with Crippen LogP contribution in [0.25, 0.3) is 10.9 Å². The molecule has 0 saturated heterocycles. The summed E-state index contributed by atoms with van der Waals surface area (Å²) in [7, 11) is 4.05. The Morgan fingerprint density at radius 1 is 1.13 bits per heavy atom. The Hall–Kier alpha value is -2.04. The molecule has 5 heteroatoms. The van der Waals surface area contributed by atoms with Crippen molar-refractivity contribution < 1.29 is 4.74 Å². The molecule has 0 unspecified atom stereocenters. The van der Waals surface area contributed by atoms with Crippen LogP contribution in [0.2, 0.25) is 5.02 Å². The van der Waals surface area contributed by atoms with Crippen molar-refractivity contribution in [3.63, 3.8) is 0 Å². The van der Waals surface area contributed by atoms with Crippen molar-refractivity contribution in [3.8, 4) is 5.88 Å². The standard InChI is InChI=1S/C18H20ClN3O/c1-21(2)10-11-23-18-16-9-8-15(19)12-17(16)22(20-18)13-14-6-4-3-5-7-14/h3-9,12H,10-11,13H2,1-2H3. The molecule has 0 N–H and O–H groups in total. The molecule has 4 nitrogen and oxygen atoms in total. The number of halogens is 1. The largest absolute Gasteiger partial charge is 0.475 e. The van der Waals surface area contributed by atoms with E-state index in [1.165, 1.54) is 5.56 Å². The van der Waals surface area contributed by atoms with Crippen molar-refractivity contribution in [3.05, 3.63) is 59.1 Å². The molecule has 2 aromatic carbocycles. The maximum atomic E-state index is 6.16. The third-order valence-electron chi connectivity index (χ3n) is 3.63. The zero-order valence-corrected chi connectivity index (χ0v) is 14.1. The molecule has 23 heavy (non-hydrogen) atoms. The van der Waals surface area contributed by atoms with E-state index < -0.39 is 0 Å². The number of aromatic nitrogens is 2. The number of nitrogens with zero attached hydrogens (tertiary/aromatic N) is 3. The van der Waals surface area contributed by atoms with E-state index in [0.29, 0.717) is 24.1 Å². The van der Waals surface area contributed by atoms with E-state index in [1.807, 2.05) is 55.2 Å². The second-order valence-corrected chi connectivity index (χ2v) is 6.20. The molecule has 0 aliphatic rings. The Morgan fingerprint density at radius 2 is 1.91 bits per heavy atom. The van der Waals surface area contributed by atoms with E-state index in [4.69, 9.17) is 16.3 Å². The summed E-state index contributed by atoms with van der Waals surface area (Å²) in [6, 6.07) is 16.0. The summed E-state index contributed by atoms with van der Waals surface area (Å²) in [5.41, 5.74) is 2.18. The van der Waals surface area contributed by atoms with Crippen molar-refractivity contribution in [2.24, 2.45) is 0 Å². The highest BCUT2D eigenvalue weighted by molar-refractivity contribution is 6.31. The SMILES string of the molecule is CN(C)CCOc1nn(Cc2ccccc2)c2cc(Cl)ccc12. The number of rotatable bonds is 6. The Bertz CT molecular complexity index is 784. The van der Waals surface area contributed by atoms with Gasteiger partial charge in [-0.25, -0.2) is 0 Å². The Morgan fingerprint density at radius 3 is 2.65 bits per heavy atom. The maximum Gasteiger partial charge on any atom is 0.240 e. The zero-order valence-electron chi connectivity index (χ0n) is 13.4. The highest BCUT2D eigenvalue weighted by Crippen LogP contribution is 2.28. The highest BCUT2D eigenvalue weighted by atomic mass is 35.5. The average molecular weight is 330 g/mol. The summed E-state index contributed by atoms with van der Waals surface area (Å²) < 4.78 is 7.82. The Labute approximate surface area is 141 Å². The van der Waals surface area contributed by atoms with Crippen LogP contribution < -0.4 is 4.74 Å². The normalized spacial score (nSPS) is 11.3. The molecule has 120 valence electrons. The van der Waals surface area contributed by atoms with E-state index in [1.54, 1.807) is 0 Å². The predicted molar refractivity (Wildman–Crippen MR) is 94.3 cm³/mol. The van der Waals surface area contributed by atoms with Crippen LogP contribution in [-0.4, -0.2) is 41.9 Å². The molecule has 1 aromatic heterocycles. The lowest BCUT2D eigenvalue weighted by Crippen LogP contribution is -2.19. The first-order valence-electron chi connectivity index (χ1n) is 7.61. The fraction of sp³-hybridized carbons (Fsp3) is 0.278. The van der Waals surface area contributed by atoms with Gasteiger partial charge in [-0.15, -0.1) is 5.10 Å². The van der Waals surface area contributed by atoms with Crippen LogP contribution in [0, 0.1) is 0 Å². The van der Waals surface area contributed by atoms with E-state index in [9.17, 15) is 0 Å². The van der Waals surface area contributed by atoms with E-state index in [0.717, 1.165) is 17.4 Å². The minimum absolute atomic E-state index is 0.604. The molecule has 0 radical (unpaired) electrons. The van der Waals surface area contributed by atoms with Crippen LogP contribution in [0.15, 0.2) is 48.5 Å². The third kappa shape index (κ3) is 3.84.